The van der Waals surface area contributed by atoms with E-state index in [-0.39, 0.29) is 6.04 Å². The fourth-order valence-corrected chi connectivity index (χ4v) is 4.97. The summed E-state index contributed by atoms with van der Waals surface area (Å²) in [6, 6.07) is 6.94. The number of nitrogens with one attached hydrogen (secondary N) is 2. The van der Waals surface area contributed by atoms with Crippen molar-refractivity contribution in [3.05, 3.63) is 52.9 Å². The van der Waals surface area contributed by atoms with Crippen LogP contribution in [0.15, 0.2) is 36.8 Å². The highest BCUT2D eigenvalue weighted by Crippen LogP contribution is 2.34. The number of benzene rings is 1. The van der Waals surface area contributed by atoms with Crippen LogP contribution in [-0.4, -0.2) is 47.3 Å². The summed E-state index contributed by atoms with van der Waals surface area (Å²) in [5.41, 5.74) is 2.92. The lowest BCUT2D eigenvalue weighted by Gasteiger charge is -2.15. The quantitative estimate of drug-likeness (QED) is 0.490. The van der Waals surface area contributed by atoms with Crippen molar-refractivity contribution in [2.45, 2.75) is 44.5 Å². The van der Waals surface area contributed by atoms with E-state index in [0.29, 0.717) is 30.2 Å². The van der Waals surface area contributed by atoms with Gasteiger partial charge < -0.3 is 15.0 Å². The summed E-state index contributed by atoms with van der Waals surface area (Å²) < 4.78 is 32.2. The van der Waals surface area contributed by atoms with E-state index in [2.05, 4.69) is 24.2 Å². The molecule has 2 heterocycles. The minimum Gasteiger partial charge on any atom is -0.391 e. The van der Waals surface area contributed by atoms with Crippen LogP contribution in [-0.2, 0) is 21.0 Å². The Morgan fingerprint density at radius 2 is 2.10 bits per heavy atom. The highest BCUT2D eigenvalue weighted by molar-refractivity contribution is 7.84. The number of aliphatic hydroxyl groups excluding tert-OH is 1. The number of fused-ring (bicyclic) bond motifs is 1. The van der Waals surface area contributed by atoms with Gasteiger partial charge in [-0.15, -0.1) is 0 Å². The summed E-state index contributed by atoms with van der Waals surface area (Å²) in [7, 11) is -2.80. The third-order valence-electron chi connectivity index (χ3n) is 5.67. The van der Waals surface area contributed by atoms with Crippen molar-refractivity contribution in [2.75, 3.05) is 12.4 Å². The molecule has 0 saturated heterocycles. The summed E-state index contributed by atoms with van der Waals surface area (Å²) in [6.07, 6.45) is 3.39. The monoisotopic (exact) mass is 465 g/mol. The number of rotatable bonds is 7. The zero-order valence-corrected chi connectivity index (χ0v) is 18.7. The van der Waals surface area contributed by atoms with E-state index in [4.69, 9.17) is 11.6 Å². The van der Waals surface area contributed by atoms with Gasteiger partial charge in [0.1, 0.15) is 17.8 Å². The summed E-state index contributed by atoms with van der Waals surface area (Å²) in [5, 5.41) is 15.3. The smallest absolute Gasteiger partial charge is 0.335 e. The molecule has 4 rings (SSSR count). The first-order chi connectivity index (χ1) is 14.8. The van der Waals surface area contributed by atoms with Gasteiger partial charge in [0.15, 0.2) is 0 Å². The van der Waals surface area contributed by atoms with Crippen LogP contribution >= 0.6 is 11.6 Å². The summed E-state index contributed by atoms with van der Waals surface area (Å²) >= 11 is 6.03. The Labute approximate surface area is 185 Å². The van der Waals surface area contributed by atoms with Gasteiger partial charge >= 0.3 is 10.3 Å². The van der Waals surface area contributed by atoms with Crippen LogP contribution in [0.3, 0.4) is 0 Å². The van der Waals surface area contributed by atoms with Gasteiger partial charge in [-0.05, 0) is 49.1 Å². The first-order valence-corrected chi connectivity index (χ1v) is 11.6. The van der Waals surface area contributed by atoms with E-state index >= 15 is 0 Å². The minimum atomic E-state index is -3.88. The molecule has 0 bridgehead atoms. The first-order valence-electron chi connectivity index (χ1n) is 9.84. The van der Waals surface area contributed by atoms with E-state index in [0.717, 1.165) is 29.3 Å². The molecule has 0 aliphatic heterocycles. The number of aliphatic hydroxyl groups is 1. The van der Waals surface area contributed by atoms with Gasteiger partial charge in [0.05, 0.1) is 24.6 Å². The summed E-state index contributed by atoms with van der Waals surface area (Å²) in [4.78, 5) is 8.80. The highest BCUT2D eigenvalue weighted by Gasteiger charge is 2.37. The van der Waals surface area contributed by atoms with E-state index in [1.807, 2.05) is 42.0 Å². The van der Waals surface area contributed by atoms with Crippen LogP contribution in [0.5, 0.6) is 0 Å². The summed E-state index contributed by atoms with van der Waals surface area (Å²) in [5.74, 6) is 0.702. The third-order valence-corrected chi connectivity index (χ3v) is 6.94. The number of aromatic nitrogens is 3. The molecule has 1 saturated carbocycles. The topological polar surface area (TPSA) is 118 Å². The maximum Gasteiger partial charge on any atom is 0.335 e. The van der Waals surface area contributed by atoms with Crippen molar-refractivity contribution in [1.82, 2.24) is 19.3 Å². The Balaban J connectivity index is 1.54. The SMILES string of the molecule is COS(=O)(=O)N[C@H]1C[C@@H](n2ccc3c(NCc4ccc(Cl)cc4C)ncnc32)C[C@@H]1O. The molecule has 1 fully saturated rings. The first kappa shape index (κ1) is 22.0. The largest absolute Gasteiger partial charge is 0.391 e. The van der Waals surface area contributed by atoms with Gasteiger partial charge in [-0.1, -0.05) is 17.7 Å². The third kappa shape index (κ3) is 4.68. The van der Waals surface area contributed by atoms with Crippen LogP contribution in [0.1, 0.15) is 30.0 Å². The van der Waals surface area contributed by atoms with Gasteiger partial charge in [0, 0.05) is 23.8 Å². The second-order valence-corrected chi connectivity index (χ2v) is 9.56. The number of anilines is 1. The van der Waals surface area contributed by atoms with E-state index in [1.54, 1.807) is 0 Å². The van der Waals surface area contributed by atoms with E-state index in [1.165, 1.54) is 6.33 Å². The number of nitrogens with zero attached hydrogens (tertiary/aromatic N) is 3. The zero-order valence-electron chi connectivity index (χ0n) is 17.1. The Kier molecular flexibility index (Phi) is 6.18. The standard InChI is InChI=1S/C20H24ClN5O4S/c1-12-7-14(21)4-3-13(12)10-22-19-16-5-6-26(20(16)24-11-23-19)15-8-17(18(27)9-15)25-31(28,29)30-2/h3-7,11,15,17-18,25,27H,8-10H2,1-2H3,(H,22,23,24)/t15-,17+,18+/m1/s1. The van der Waals surface area contributed by atoms with Gasteiger partial charge in [0.2, 0.25) is 0 Å². The number of hydrogen-bond acceptors (Lipinski definition) is 7. The average Bonchev–Trinajstić information content (AvgIpc) is 3.31. The number of hydrogen-bond donors (Lipinski definition) is 3. The van der Waals surface area contributed by atoms with Crippen LogP contribution < -0.4 is 10.0 Å². The normalized spacial score (nSPS) is 21.6. The van der Waals surface area contributed by atoms with Gasteiger partial charge in [-0.25, -0.2) is 9.97 Å². The van der Waals surface area contributed by atoms with Crippen molar-refractivity contribution < 1.29 is 17.7 Å². The Morgan fingerprint density at radius 3 is 2.84 bits per heavy atom. The van der Waals surface area contributed by atoms with E-state index < -0.39 is 22.4 Å². The summed E-state index contributed by atoms with van der Waals surface area (Å²) in [6.45, 7) is 2.60. The molecule has 1 aliphatic carbocycles. The van der Waals surface area contributed by atoms with Crippen molar-refractivity contribution in [1.29, 1.82) is 0 Å². The van der Waals surface area contributed by atoms with Crippen molar-refractivity contribution >= 4 is 38.8 Å². The Bertz CT molecular complexity index is 1200. The van der Waals surface area contributed by atoms with Crippen LogP contribution in [0.25, 0.3) is 11.0 Å². The molecule has 1 aromatic carbocycles. The zero-order chi connectivity index (χ0) is 22.2. The Hall–Kier alpha value is -2.24. The molecule has 3 aromatic rings. The molecule has 2 aromatic heterocycles. The maximum absolute atomic E-state index is 11.7. The lowest BCUT2D eigenvalue weighted by molar-refractivity contribution is 0.154. The highest BCUT2D eigenvalue weighted by atomic mass is 35.5. The predicted octanol–water partition coefficient (Wildman–Crippen LogP) is 2.55. The molecule has 3 atom stereocenters. The molecule has 31 heavy (non-hydrogen) atoms. The lowest BCUT2D eigenvalue weighted by Crippen LogP contribution is -2.40. The van der Waals surface area contributed by atoms with Gasteiger partial charge in [-0.2, -0.15) is 13.1 Å². The number of halogens is 1. The molecule has 166 valence electrons. The lowest BCUT2D eigenvalue weighted by atomic mass is 10.1. The molecule has 1 aliphatic rings. The fraction of sp³-hybridized carbons (Fsp3) is 0.400. The Morgan fingerprint density at radius 1 is 1.29 bits per heavy atom. The molecular weight excluding hydrogens is 442 g/mol. The maximum atomic E-state index is 11.7. The second kappa shape index (κ2) is 8.71. The van der Waals surface area contributed by atoms with Crippen LogP contribution in [0.2, 0.25) is 5.02 Å². The second-order valence-electron chi connectivity index (χ2n) is 7.64. The molecule has 0 unspecified atom stereocenters. The predicted molar refractivity (Wildman–Crippen MR) is 118 cm³/mol. The fourth-order valence-electron chi connectivity index (χ4n) is 4.02. The van der Waals surface area contributed by atoms with Gasteiger partial charge in [0.25, 0.3) is 0 Å². The van der Waals surface area contributed by atoms with Crippen molar-refractivity contribution in [3.63, 3.8) is 0 Å². The molecule has 0 amide bonds. The molecule has 0 spiro atoms. The molecule has 0 radical (unpaired) electrons. The minimum absolute atomic E-state index is 0.113. The van der Waals surface area contributed by atoms with Crippen molar-refractivity contribution in [3.8, 4) is 0 Å². The average molecular weight is 466 g/mol. The number of aryl methyl sites for hydroxylation is 1. The van der Waals surface area contributed by atoms with Gasteiger partial charge in [-0.3, -0.25) is 4.18 Å². The van der Waals surface area contributed by atoms with Crippen LogP contribution in [0.4, 0.5) is 5.82 Å². The van der Waals surface area contributed by atoms with E-state index in [9.17, 15) is 13.5 Å². The van der Waals surface area contributed by atoms with Crippen molar-refractivity contribution in [2.24, 2.45) is 0 Å². The molecule has 9 nitrogen and oxygen atoms in total. The van der Waals surface area contributed by atoms with Crippen LogP contribution in [0, 0.1) is 6.92 Å². The molecule has 11 heteroatoms. The molecule has 3 N–H and O–H groups in total. The molecular formula is C20H24ClN5O4S.